The summed E-state index contributed by atoms with van der Waals surface area (Å²) >= 11 is 5.63. The van der Waals surface area contributed by atoms with E-state index in [2.05, 4.69) is 12.2 Å². The van der Waals surface area contributed by atoms with Crippen LogP contribution >= 0.6 is 11.6 Å². The zero-order valence-corrected chi connectivity index (χ0v) is 9.68. The average Bonchev–Trinajstić information content (AvgIpc) is 2.86. The molecule has 1 aromatic rings. The number of rotatable bonds is 3. The van der Waals surface area contributed by atoms with E-state index in [1.807, 2.05) is 13.0 Å². The Bertz CT molecular complexity index is 367. The monoisotopic (exact) mass is 227 g/mol. The van der Waals surface area contributed by atoms with E-state index < -0.39 is 0 Å². The largest absolute Gasteiger partial charge is 0.307 e. The van der Waals surface area contributed by atoms with Gasteiger partial charge in [0.05, 0.1) is 5.02 Å². The van der Waals surface area contributed by atoms with E-state index >= 15 is 0 Å². The zero-order chi connectivity index (χ0) is 11.0. The van der Waals surface area contributed by atoms with E-state index in [9.17, 15) is 4.39 Å². The highest BCUT2D eigenvalue weighted by atomic mass is 35.5. The Labute approximate surface area is 94.6 Å². The molecule has 0 saturated heterocycles. The Morgan fingerprint density at radius 3 is 2.73 bits per heavy atom. The van der Waals surface area contributed by atoms with Gasteiger partial charge in [-0.2, -0.15) is 0 Å². The summed E-state index contributed by atoms with van der Waals surface area (Å²) in [5, 5.41) is 3.64. The Morgan fingerprint density at radius 1 is 1.53 bits per heavy atom. The lowest BCUT2D eigenvalue weighted by molar-refractivity contribution is 0.545. The second kappa shape index (κ2) is 4.11. The van der Waals surface area contributed by atoms with Crippen molar-refractivity contribution in [3.63, 3.8) is 0 Å². The van der Waals surface area contributed by atoms with Gasteiger partial charge >= 0.3 is 0 Å². The first kappa shape index (κ1) is 10.9. The van der Waals surface area contributed by atoms with Crippen LogP contribution in [-0.2, 0) is 0 Å². The third-order valence-corrected chi connectivity index (χ3v) is 3.32. The minimum absolute atomic E-state index is 0.186. The Kier molecular flexibility index (Phi) is 2.98. The number of nitrogens with one attached hydrogen (secondary N) is 1. The summed E-state index contributed by atoms with van der Waals surface area (Å²) in [6.45, 7) is 4.26. The second-order valence-electron chi connectivity index (χ2n) is 4.38. The smallest absolute Gasteiger partial charge is 0.142 e. The van der Waals surface area contributed by atoms with Crippen molar-refractivity contribution in [3.8, 4) is 0 Å². The predicted octanol–water partition coefficient (Wildman–Crippen LogP) is 3.54. The topological polar surface area (TPSA) is 12.0 Å². The maximum absolute atomic E-state index is 13.2. The fraction of sp³-hybridized carbons (Fsp3) is 0.500. The summed E-state index contributed by atoms with van der Waals surface area (Å²) in [5.74, 6) is 0.413. The molecule has 0 heterocycles. The molecule has 1 aliphatic carbocycles. The summed E-state index contributed by atoms with van der Waals surface area (Å²) in [4.78, 5) is 0. The van der Waals surface area contributed by atoms with Crippen molar-refractivity contribution >= 4 is 11.6 Å². The molecule has 0 spiro atoms. The molecule has 1 saturated carbocycles. The highest BCUT2D eigenvalue weighted by molar-refractivity contribution is 6.30. The van der Waals surface area contributed by atoms with E-state index in [4.69, 9.17) is 11.6 Å². The van der Waals surface area contributed by atoms with Crippen molar-refractivity contribution in [1.29, 1.82) is 0 Å². The molecule has 3 heteroatoms. The lowest BCUT2D eigenvalue weighted by Gasteiger charge is -2.14. The number of benzene rings is 1. The predicted molar refractivity (Wildman–Crippen MR) is 60.5 cm³/mol. The normalized spacial score (nSPS) is 26.4. The quantitative estimate of drug-likeness (QED) is 0.833. The van der Waals surface area contributed by atoms with Gasteiger partial charge in [0.2, 0.25) is 0 Å². The van der Waals surface area contributed by atoms with Crippen molar-refractivity contribution < 1.29 is 4.39 Å². The minimum atomic E-state index is -0.341. The van der Waals surface area contributed by atoms with Crippen molar-refractivity contribution in [2.24, 2.45) is 5.92 Å². The average molecular weight is 228 g/mol. The number of hydrogen-bond donors (Lipinski definition) is 1. The summed E-state index contributed by atoms with van der Waals surface area (Å²) < 4.78 is 13.2. The second-order valence-corrected chi connectivity index (χ2v) is 4.79. The highest BCUT2D eigenvalue weighted by Gasteiger charge is 2.33. The summed E-state index contributed by atoms with van der Waals surface area (Å²) in [6, 6.07) is 5.77. The number of halogens is 2. The van der Waals surface area contributed by atoms with Crippen LogP contribution in [0.1, 0.15) is 31.9 Å². The maximum Gasteiger partial charge on any atom is 0.142 e. The molecule has 1 fully saturated rings. The van der Waals surface area contributed by atoms with Gasteiger partial charge in [0, 0.05) is 12.1 Å². The molecule has 15 heavy (non-hydrogen) atoms. The number of hydrogen-bond acceptors (Lipinski definition) is 1. The van der Waals surface area contributed by atoms with E-state index in [1.54, 1.807) is 6.07 Å². The molecule has 0 radical (unpaired) electrons. The molecular formula is C12H15ClFN. The van der Waals surface area contributed by atoms with Gasteiger partial charge in [-0.15, -0.1) is 0 Å². The molecule has 3 atom stereocenters. The SMILES string of the molecule is CC(NC1CC1C)c1ccc(Cl)c(F)c1. The third-order valence-electron chi connectivity index (χ3n) is 3.02. The van der Waals surface area contributed by atoms with Gasteiger partial charge in [-0.1, -0.05) is 24.6 Å². The summed E-state index contributed by atoms with van der Waals surface area (Å²) in [6.07, 6.45) is 1.22. The van der Waals surface area contributed by atoms with Gasteiger partial charge in [0.1, 0.15) is 5.82 Å². The first-order valence-electron chi connectivity index (χ1n) is 5.29. The van der Waals surface area contributed by atoms with Crippen LogP contribution in [-0.4, -0.2) is 6.04 Å². The molecule has 2 rings (SSSR count). The zero-order valence-electron chi connectivity index (χ0n) is 8.93. The van der Waals surface area contributed by atoms with Gasteiger partial charge in [-0.05, 0) is 37.0 Å². The van der Waals surface area contributed by atoms with Crippen LogP contribution in [0.2, 0.25) is 5.02 Å². The summed E-state index contributed by atoms with van der Waals surface area (Å²) in [7, 11) is 0. The van der Waals surface area contributed by atoms with Gasteiger partial charge in [-0.25, -0.2) is 4.39 Å². The summed E-state index contributed by atoms with van der Waals surface area (Å²) in [5.41, 5.74) is 0.955. The van der Waals surface area contributed by atoms with Gasteiger partial charge in [-0.3, -0.25) is 0 Å². The van der Waals surface area contributed by atoms with Crippen LogP contribution in [0.5, 0.6) is 0 Å². The maximum atomic E-state index is 13.2. The lowest BCUT2D eigenvalue weighted by atomic mass is 10.1. The Morgan fingerprint density at radius 2 is 2.20 bits per heavy atom. The molecule has 0 amide bonds. The van der Waals surface area contributed by atoms with E-state index in [-0.39, 0.29) is 16.9 Å². The molecule has 82 valence electrons. The molecule has 0 aliphatic heterocycles. The van der Waals surface area contributed by atoms with E-state index in [0.29, 0.717) is 6.04 Å². The first-order valence-corrected chi connectivity index (χ1v) is 5.66. The standard InChI is InChI=1S/C12H15ClFN/c1-7-5-12(7)15-8(2)9-3-4-10(13)11(14)6-9/h3-4,6-8,12,15H,5H2,1-2H3. The van der Waals surface area contributed by atoms with Crippen molar-refractivity contribution in [3.05, 3.63) is 34.6 Å². The van der Waals surface area contributed by atoms with Crippen LogP contribution in [0, 0.1) is 11.7 Å². The van der Waals surface area contributed by atoms with Crippen LogP contribution in [0.3, 0.4) is 0 Å². The molecular weight excluding hydrogens is 213 g/mol. The fourth-order valence-electron chi connectivity index (χ4n) is 1.75. The van der Waals surface area contributed by atoms with Crippen LogP contribution < -0.4 is 5.32 Å². The molecule has 1 N–H and O–H groups in total. The van der Waals surface area contributed by atoms with E-state index in [1.165, 1.54) is 12.5 Å². The highest BCUT2D eigenvalue weighted by Crippen LogP contribution is 2.32. The van der Waals surface area contributed by atoms with Crippen molar-refractivity contribution in [2.75, 3.05) is 0 Å². The molecule has 0 bridgehead atoms. The van der Waals surface area contributed by atoms with Crippen molar-refractivity contribution in [2.45, 2.75) is 32.4 Å². The van der Waals surface area contributed by atoms with Crippen molar-refractivity contribution in [1.82, 2.24) is 5.32 Å². The Balaban J connectivity index is 2.04. The Hall–Kier alpha value is -0.600. The molecule has 3 unspecified atom stereocenters. The lowest BCUT2D eigenvalue weighted by Crippen LogP contribution is -2.22. The van der Waals surface area contributed by atoms with Crippen LogP contribution in [0.15, 0.2) is 18.2 Å². The van der Waals surface area contributed by atoms with Gasteiger partial charge < -0.3 is 5.32 Å². The van der Waals surface area contributed by atoms with Gasteiger partial charge in [0.25, 0.3) is 0 Å². The third kappa shape index (κ3) is 2.50. The molecule has 1 aromatic carbocycles. The van der Waals surface area contributed by atoms with E-state index in [0.717, 1.165) is 11.5 Å². The van der Waals surface area contributed by atoms with Crippen LogP contribution in [0.25, 0.3) is 0 Å². The molecule has 0 aromatic heterocycles. The van der Waals surface area contributed by atoms with Crippen LogP contribution in [0.4, 0.5) is 4.39 Å². The first-order chi connectivity index (χ1) is 7.08. The molecule has 1 aliphatic rings. The fourth-order valence-corrected chi connectivity index (χ4v) is 1.87. The van der Waals surface area contributed by atoms with Gasteiger partial charge in [0.15, 0.2) is 0 Å². The minimum Gasteiger partial charge on any atom is -0.307 e. The molecule has 1 nitrogen and oxygen atoms in total.